The van der Waals surface area contributed by atoms with Crippen LogP contribution in [0.4, 0.5) is 8.78 Å². The highest BCUT2D eigenvalue weighted by molar-refractivity contribution is 5.81. The third-order valence-electron chi connectivity index (χ3n) is 6.35. The zero-order valence-corrected chi connectivity index (χ0v) is 17.7. The molecule has 2 aromatic carbocycles. The van der Waals surface area contributed by atoms with Gasteiger partial charge in [-0.05, 0) is 60.6 Å². The Balaban J connectivity index is 1.38. The Bertz CT molecular complexity index is 1340. The van der Waals surface area contributed by atoms with Crippen LogP contribution in [0.15, 0.2) is 41.2 Å². The van der Waals surface area contributed by atoms with E-state index in [0.29, 0.717) is 36.5 Å². The molecule has 1 saturated carbocycles. The molecule has 0 spiro atoms. The number of hydrogen-bond acceptors (Lipinski definition) is 4. The van der Waals surface area contributed by atoms with Crippen molar-refractivity contribution < 1.29 is 13.6 Å². The van der Waals surface area contributed by atoms with Crippen molar-refractivity contribution in [1.29, 1.82) is 5.26 Å². The first kappa shape index (κ1) is 21.1. The summed E-state index contributed by atoms with van der Waals surface area (Å²) in [7, 11) is 0. The van der Waals surface area contributed by atoms with E-state index in [1.54, 1.807) is 18.2 Å². The van der Waals surface area contributed by atoms with Crippen molar-refractivity contribution in [3.8, 4) is 22.9 Å². The van der Waals surface area contributed by atoms with E-state index in [4.69, 9.17) is 5.26 Å². The van der Waals surface area contributed by atoms with Crippen molar-refractivity contribution in [3.05, 3.63) is 69.9 Å². The molecule has 3 aromatic rings. The zero-order chi connectivity index (χ0) is 23.1. The lowest BCUT2D eigenvalue weighted by molar-refractivity contribution is -0.131. The largest absolute Gasteiger partial charge is 0.348 e. The van der Waals surface area contributed by atoms with Crippen LogP contribution >= 0.6 is 0 Å². The molecule has 1 unspecified atom stereocenters. The van der Waals surface area contributed by atoms with Crippen LogP contribution in [0.3, 0.4) is 0 Å². The number of nitrogens with one attached hydrogen (secondary N) is 1. The van der Waals surface area contributed by atoms with Gasteiger partial charge in [-0.25, -0.2) is 23.2 Å². The van der Waals surface area contributed by atoms with Gasteiger partial charge in [0.2, 0.25) is 5.91 Å². The minimum absolute atomic E-state index is 0.0468. The van der Waals surface area contributed by atoms with Gasteiger partial charge in [-0.3, -0.25) is 4.79 Å². The van der Waals surface area contributed by atoms with Gasteiger partial charge in [0.25, 0.3) is 0 Å². The summed E-state index contributed by atoms with van der Waals surface area (Å²) in [5.41, 5.74) is 0.246. The SMILES string of the molecule is N#Cc1ccc(-c2ccc(-n3c(CC4CCN(C(=O)C5CC5)C4)n[nH]c3=O)c(F)c2)cc1F. The topological polar surface area (TPSA) is 94.8 Å². The minimum atomic E-state index is -0.682. The molecule has 2 fully saturated rings. The molecule has 9 heteroatoms. The number of halogens is 2. The van der Waals surface area contributed by atoms with E-state index in [9.17, 15) is 14.0 Å². The number of nitriles is 1. The van der Waals surface area contributed by atoms with Crippen LogP contribution in [0.25, 0.3) is 16.8 Å². The first-order valence-electron chi connectivity index (χ1n) is 10.9. The predicted molar refractivity (Wildman–Crippen MR) is 115 cm³/mol. The maximum absolute atomic E-state index is 15.1. The van der Waals surface area contributed by atoms with Crippen molar-refractivity contribution in [2.45, 2.75) is 25.7 Å². The quantitative estimate of drug-likeness (QED) is 0.647. The van der Waals surface area contributed by atoms with Crippen LogP contribution in [0.5, 0.6) is 0 Å². The lowest BCUT2D eigenvalue weighted by atomic mass is 10.0. The Morgan fingerprint density at radius 1 is 1.12 bits per heavy atom. The maximum atomic E-state index is 15.1. The Kier molecular flexibility index (Phi) is 5.29. The van der Waals surface area contributed by atoms with Gasteiger partial charge in [0.15, 0.2) is 0 Å². The molecule has 1 amide bonds. The molecule has 1 N–H and O–H groups in total. The molecule has 0 radical (unpaired) electrons. The van der Waals surface area contributed by atoms with Crippen molar-refractivity contribution in [1.82, 2.24) is 19.7 Å². The number of carbonyl (C=O) groups excluding carboxylic acids is 1. The number of benzene rings is 2. The number of amides is 1. The number of aromatic nitrogens is 3. The molecule has 1 saturated heterocycles. The molecule has 1 aliphatic heterocycles. The van der Waals surface area contributed by atoms with Crippen molar-refractivity contribution in [3.63, 3.8) is 0 Å². The van der Waals surface area contributed by atoms with E-state index in [-0.39, 0.29) is 29.0 Å². The van der Waals surface area contributed by atoms with E-state index in [2.05, 4.69) is 10.2 Å². The molecule has 1 aromatic heterocycles. The molecule has 7 nitrogen and oxygen atoms in total. The molecule has 1 atom stereocenters. The molecule has 1 aliphatic carbocycles. The maximum Gasteiger partial charge on any atom is 0.348 e. The minimum Gasteiger partial charge on any atom is -0.342 e. The second-order valence-corrected chi connectivity index (χ2v) is 8.67. The monoisotopic (exact) mass is 449 g/mol. The fraction of sp³-hybridized carbons (Fsp3) is 0.333. The Morgan fingerprint density at radius 2 is 1.85 bits per heavy atom. The molecule has 168 valence electrons. The van der Waals surface area contributed by atoms with Gasteiger partial charge in [0, 0.05) is 25.4 Å². The van der Waals surface area contributed by atoms with E-state index < -0.39 is 17.3 Å². The second-order valence-electron chi connectivity index (χ2n) is 8.67. The first-order valence-corrected chi connectivity index (χ1v) is 10.9. The number of aromatic amines is 1. The number of rotatable bonds is 5. The van der Waals surface area contributed by atoms with Crippen molar-refractivity contribution in [2.75, 3.05) is 13.1 Å². The number of H-pyrrole nitrogens is 1. The van der Waals surface area contributed by atoms with Crippen LogP contribution in [0, 0.1) is 34.8 Å². The van der Waals surface area contributed by atoms with Gasteiger partial charge in [-0.15, -0.1) is 0 Å². The summed E-state index contributed by atoms with van der Waals surface area (Å²) in [4.78, 5) is 26.6. The van der Waals surface area contributed by atoms with Gasteiger partial charge >= 0.3 is 5.69 Å². The van der Waals surface area contributed by atoms with Crippen LogP contribution in [0.1, 0.15) is 30.7 Å². The van der Waals surface area contributed by atoms with Crippen molar-refractivity contribution in [2.24, 2.45) is 11.8 Å². The van der Waals surface area contributed by atoms with Crippen LogP contribution < -0.4 is 5.69 Å². The lowest BCUT2D eigenvalue weighted by Crippen LogP contribution is -2.30. The number of nitrogens with zero attached hydrogens (tertiary/aromatic N) is 4. The standard InChI is InChI=1S/C24H21F2N5O2/c25-19-10-16(3-4-18(19)12-27)17-5-6-21(20(26)11-17)31-22(28-29-24(31)33)9-14-7-8-30(13-14)23(32)15-1-2-15/h3-6,10-11,14-15H,1-2,7-9,13H2,(H,29,33). The molecular formula is C24H21F2N5O2. The predicted octanol–water partition coefficient (Wildman–Crippen LogP) is 3.18. The average molecular weight is 449 g/mol. The molecule has 2 aliphatic rings. The Hall–Kier alpha value is -3.80. The second kappa shape index (κ2) is 8.28. The highest BCUT2D eigenvalue weighted by Crippen LogP contribution is 2.33. The van der Waals surface area contributed by atoms with Gasteiger partial charge < -0.3 is 4.90 Å². The van der Waals surface area contributed by atoms with Crippen LogP contribution in [0.2, 0.25) is 0 Å². The Labute approximate surface area is 188 Å². The van der Waals surface area contributed by atoms with E-state index in [0.717, 1.165) is 19.3 Å². The van der Waals surface area contributed by atoms with Crippen molar-refractivity contribution >= 4 is 5.91 Å². The summed E-state index contributed by atoms with van der Waals surface area (Å²) in [6.45, 7) is 1.31. The summed E-state index contributed by atoms with van der Waals surface area (Å²) in [6, 6.07) is 10.1. The van der Waals surface area contributed by atoms with Gasteiger partial charge in [-0.1, -0.05) is 12.1 Å². The van der Waals surface area contributed by atoms with Gasteiger partial charge in [0.1, 0.15) is 23.5 Å². The van der Waals surface area contributed by atoms with Gasteiger partial charge in [-0.2, -0.15) is 10.4 Å². The summed E-state index contributed by atoms with van der Waals surface area (Å²) in [5.74, 6) is -0.410. The molecular weight excluding hydrogens is 428 g/mol. The average Bonchev–Trinajstić information content (AvgIpc) is 3.46. The fourth-order valence-corrected chi connectivity index (χ4v) is 4.41. The molecule has 33 heavy (non-hydrogen) atoms. The van der Waals surface area contributed by atoms with Crippen LogP contribution in [-0.2, 0) is 11.2 Å². The summed E-state index contributed by atoms with van der Waals surface area (Å²) in [6.07, 6.45) is 3.17. The fourth-order valence-electron chi connectivity index (χ4n) is 4.41. The lowest BCUT2D eigenvalue weighted by Gasteiger charge is -2.16. The Morgan fingerprint density at radius 3 is 2.52 bits per heavy atom. The molecule has 5 rings (SSSR count). The number of hydrogen-bond donors (Lipinski definition) is 1. The smallest absolute Gasteiger partial charge is 0.342 e. The summed E-state index contributed by atoms with van der Waals surface area (Å²) >= 11 is 0. The van der Waals surface area contributed by atoms with Gasteiger partial charge in [0.05, 0.1) is 11.3 Å². The van der Waals surface area contributed by atoms with Crippen LogP contribution in [-0.4, -0.2) is 38.7 Å². The normalized spacial score (nSPS) is 17.8. The summed E-state index contributed by atoms with van der Waals surface area (Å²) < 4.78 is 30.3. The number of carbonyl (C=O) groups is 1. The van der Waals surface area contributed by atoms with E-state index in [1.807, 2.05) is 4.90 Å². The summed E-state index contributed by atoms with van der Waals surface area (Å²) in [5, 5.41) is 15.4. The zero-order valence-electron chi connectivity index (χ0n) is 17.7. The molecule has 0 bridgehead atoms. The van der Waals surface area contributed by atoms with E-state index >= 15 is 4.39 Å². The van der Waals surface area contributed by atoms with E-state index in [1.165, 1.54) is 28.8 Å². The number of likely N-dealkylation sites (tertiary alicyclic amines) is 1. The third kappa shape index (κ3) is 4.04. The molecule has 2 heterocycles. The highest BCUT2D eigenvalue weighted by atomic mass is 19.1. The highest BCUT2D eigenvalue weighted by Gasteiger charge is 2.37. The first-order chi connectivity index (χ1) is 15.9. The third-order valence-corrected chi connectivity index (χ3v) is 6.35.